The van der Waals surface area contributed by atoms with Crippen LogP contribution in [0.5, 0.6) is 11.6 Å². The van der Waals surface area contributed by atoms with Gasteiger partial charge in [-0.25, -0.2) is 13.4 Å². The fourth-order valence-corrected chi connectivity index (χ4v) is 4.59. The molecule has 40 heavy (non-hydrogen) atoms. The molecule has 214 valence electrons. The molecule has 1 aliphatic heterocycles. The summed E-state index contributed by atoms with van der Waals surface area (Å²) in [6.07, 6.45) is -9.16. The molecule has 0 saturated heterocycles. The van der Waals surface area contributed by atoms with Crippen LogP contribution in [0.2, 0.25) is 0 Å². The number of para-hydroxylation sites is 1. The topological polar surface area (TPSA) is 98.7 Å². The van der Waals surface area contributed by atoms with Crippen LogP contribution in [0.1, 0.15) is 33.5 Å². The Labute approximate surface area is 224 Å². The maximum atomic E-state index is 13.8. The van der Waals surface area contributed by atoms with E-state index >= 15 is 0 Å². The van der Waals surface area contributed by atoms with Gasteiger partial charge < -0.3 is 14.4 Å². The van der Waals surface area contributed by atoms with Crippen molar-refractivity contribution in [3.05, 3.63) is 64.7 Å². The third-order valence-electron chi connectivity index (χ3n) is 5.88. The van der Waals surface area contributed by atoms with Crippen LogP contribution in [0, 0.1) is 0 Å². The lowest BCUT2D eigenvalue weighted by Crippen LogP contribution is -2.35. The van der Waals surface area contributed by atoms with E-state index in [0.717, 1.165) is 11.2 Å². The molecular weight excluding hydrogens is 568 g/mol. The van der Waals surface area contributed by atoms with Crippen LogP contribution in [0.25, 0.3) is 11.3 Å². The second kappa shape index (κ2) is 10.6. The highest BCUT2D eigenvalue weighted by molar-refractivity contribution is 7.90. The molecule has 2 heterocycles. The fraction of sp³-hybridized carbons (Fsp3) is 0.320. The van der Waals surface area contributed by atoms with E-state index in [4.69, 9.17) is 9.47 Å². The van der Waals surface area contributed by atoms with Crippen molar-refractivity contribution in [1.29, 1.82) is 0 Å². The molecule has 0 saturated carbocycles. The zero-order chi connectivity index (χ0) is 29.5. The quantitative estimate of drug-likeness (QED) is 0.305. The van der Waals surface area contributed by atoms with Crippen LogP contribution in [-0.2, 0) is 28.7 Å². The van der Waals surface area contributed by atoms with Crippen LogP contribution in [0.3, 0.4) is 0 Å². The molecule has 0 unspecified atom stereocenters. The molecule has 3 aromatic rings. The Hall–Kier alpha value is -3.88. The summed E-state index contributed by atoms with van der Waals surface area (Å²) in [5.74, 6) is -1.08. The number of benzene rings is 2. The monoisotopic (exact) mass is 589 g/mol. The summed E-state index contributed by atoms with van der Waals surface area (Å²) < 4.78 is 116. The van der Waals surface area contributed by atoms with E-state index in [-0.39, 0.29) is 48.2 Å². The van der Waals surface area contributed by atoms with Gasteiger partial charge in [0.1, 0.15) is 11.3 Å². The number of aromatic nitrogens is 2. The molecule has 15 heteroatoms. The minimum absolute atomic E-state index is 0.00225. The number of rotatable bonds is 5. The van der Waals surface area contributed by atoms with Gasteiger partial charge in [0, 0.05) is 24.9 Å². The fourth-order valence-electron chi connectivity index (χ4n) is 4.08. The number of amides is 1. The lowest BCUT2D eigenvalue weighted by molar-refractivity contribution is -0.143. The lowest BCUT2D eigenvalue weighted by Gasteiger charge is -2.28. The zero-order valence-electron chi connectivity index (χ0n) is 20.9. The lowest BCUT2D eigenvalue weighted by atomic mass is 10.0. The standard InChI is InChI=1S/C25H21F6N3O5S/c1-38-18-7-4-3-6-17(18)20-19-21(33-23(32-20)40(2,36)37)39-9-5-8-34(22(19)35)13-14-10-15(24(26,27)28)12-16(11-14)25(29,30)31/h3-4,6-7,10-12H,5,8-9,13H2,1-2H3. The van der Waals surface area contributed by atoms with Crippen LogP contribution in [0.4, 0.5) is 26.3 Å². The number of halogens is 6. The third-order valence-corrected chi connectivity index (χ3v) is 6.73. The van der Waals surface area contributed by atoms with Gasteiger partial charge >= 0.3 is 12.4 Å². The van der Waals surface area contributed by atoms with Crippen LogP contribution < -0.4 is 9.47 Å². The van der Waals surface area contributed by atoms with Crippen molar-refractivity contribution < 1.29 is 49.0 Å². The van der Waals surface area contributed by atoms with Gasteiger partial charge in [0.25, 0.3) is 11.1 Å². The molecule has 1 amide bonds. The second-order valence-corrected chi connectivity index (χ2v) is 10.8. The maximum Gasteiger partial charge on any atom is 0.416 e. The molecule has 1 aliphatic rings. The van der Waals surface area contributed by atoms with E-state index in [1.165, 1.54) is 19.2 Å². The van der Waals surface area contributed by atoms with Gasteiger partial charge in [0.15, 0.2) is 0 Å². The van der Waals surface area contributed by atoms with Crippen molar-refractivity contribution >= 4 is 15.7 Å². The maximum absolute atomic E-state index is 13.8. The van der Waals surface area contributed by atoms with Gasteiger partial charge in [-0.3, -0.25) is 4.79 Å². The number of fused-ring (bicyclic) bond motifs is 1. The predicted molar refractivity (Wildman–Crippen MR) is 128 cm³/mol. The third kappa shape index (κ3) is 6.13. The predicted octanol–water partition coefficient (Wildman–Crippen LogP) is 5.02. The van der Waals surface area contributed by atoms with E-state index in [2.05, 4.69) is 9.97 Å². The Morgan fingerprint density at radius 2 is 1.62 bits per heavy atom. The number of carbonyl (C=O) groups is 1. The normalized spacial score (nSPS) is 14.7. The van der Waals surface area contributed by atoms with E-state index in [9.17, 15) is 39.6 Å². The number of methoxy groups -OCH3 is 1. The first-order valence-corrected chi connectivity index (χ1v) is 13.4. The Morgan fingerprint density at radius 1 is 1.00 bits per heavy atom. The summed E-state index contributed by atoms with van der Waals surface area (Å²) in [4.78, 5) is 22.9. The molecule has 1 aromatic heterocycles. The zero-order valence-corrected chi connectivity index (χ0v) is 21.7. The van der Waals surface area contributed by atoms with Crippen molar-refractivity contribution in [2.24, 2.45) is 0 Å². The molecule has 0 N–H and O–H groups in total. The first-order valence-electron chi connectivity index (χ1n) is 11.6. The summed E-state index contributed by atoms with van der Waals surface area (Å²) in [7, 11) is -2.67. The second-order valence-electron chi connectivity index (χ2n) is 8.85. The Balaban J connectivity index is 1.89. The minimum Gasteiger partial charge on any atom is -0.496 e. The number of hydrogen-bond donors (Lipinski definition) is 0. The molecule has 0 fully saturated rings. The van der Waals surface area contributed by atoms with Crippen molar-refractivity contribution in [3.8, 4) is 22.9 Å². The largest absolute Gasteiger partial charge is 0.496 e. The molecule has 0 radical (unpaired) electrons. The summed E-state index contributed by atoms with van der Waals surface area (Å²) in [6.45, 7) is -0.807. The summed E-state index contributed by atoms with van der Waals surface area (Å²) in [5.41, 5.74) is -3.78. The highest BCUT2D eigenvalue weighted by Gasteiger charge is 2.38. The molecule has 4 rings (SSSR count). The highest BCUT2D eigenvalue weighted by Crippen LogP contribution is 2.38. The van der Waals surface area contributed by atoms with Gasteiger partial charge in [-0.05, 0) is 42.3 Å². The molecule has 0 aliphatic carbocycles. The first-order chi connectivity index (χ1) is 18.6. The summed E-state index contributed by atoms with van der Waals surface area (Å²) >= 11 is 0. The molecule has 0 atom stereocenters. The summed E-state index contributed by atoms with van der Waals surface area (Å²) in [6, 6.07) is 7.29. The van der Waals surface area contributed by atoms with Crippen molar-refractivity contribution in [3.63, 3.8) is 0 Å². The number of sulfone groups is 1. The number of alkyl halides is 6. The van der Waals surface area contributed by atoms with E-state index in [1.807, 2.05) is 0 Å². The van der Waals surface area contributed by atoms with Crippen LogP contribution >= 0.6 is 0 Å². The highest BCUT2D eigenvalue weighted by atomic mass is 32.2. The van der Waals surface area contributed by atoms with Gasteiger partial charge in [-0.2, -0.15) is 31.3 Å². The summed E-state index contributed by atoms with van der Waals surface area (Å²) in [5, 5.41) is -0.653. The number of nitrogens with zero attached hydrogens (tertiary/aromatic N) is 3. The van der Waals surface area contributed by atoms with Crippen molar-refractivity contribution in [1.82, 2.24) is 14.9 Å². The van der Waals surface area contributed by atoms with Crippen LogP contribution in [0.15, 0.2) is 47.6 Å². The molecule has 2 aromatic carbocycles. The Morgan fingerprint density at radius 3 is 2.20 bits per heavy atom. The van der Waals surface area contributed by atoms with Gasteiger partial charge in [-0.15, -0.1) is 0 Å². The van der Waals surface area contributed by atoms with Gasteiger partial charge in [-0.1, -0.05) is 12.1 Å². The smallest absolute Gasteiger partial charge is 0.416 e. The van der Waals surface area contributed by atoms with E-state index < -0.39 is 62.4 Å². The first kappa shape index (κ1) is 29.1. The Bertz CT molecular complexity index is 1530. The number of carbonyl (C=O) groups excluding carboxylic acids is 1. The van der Waals surface area contributed by atoms with Crippen molar-refractivity contribution in [2.75, 3.05) is 26.5 Å². The average molecular weight is 590 g/mol. The SMILES string of the molecule is COc1ccccc1-c1nc(S(C)(=O)=O)nc2c1C(=O)N(Cc1cc(C(F)(F)F)cc(C(F)(F)F)c1)CCCO2. The van der Waals surface area contributed by atoms with Crippen LogP contribution in [-0.4, -0.2) is 55.7 Å². The van der Waals surface area contributed by atoms with Gasteiger partial charge in [0.05, 0.1) is 30.5 Å². The van der Waals surface area contributed by atoms with Crippen molar-refractivity contribution in [2.45, 2.75) is 30.5 Å². The number of ether oxygens (including phenoxy) is 2. The minimum atomic E-state index is -5.07. The van der Waals surface area contributed by atoms with E-state index in [1.54, 1.807) is 12.1 Å². The molecule has 8 nitrogen and oxygen atoms in total. The van der Waals surface area contributed by atoms with Gasteiger partial charge in [0.2, 0.25) is 15.7 Å². The number of hydrogen-bond acceptors (Lipinski definition) is 7. The molecule has 0 spiro atoms. The van der Waals surface area contributed by atoms with E-state index in [0.29, 0.717) is 12.1 Å². The average Bonchev–Trinajstić information content (AvgIpc) is 2.87. The molecular formula is C25H21F6N3O5S. The Kier molecular flexibility index (Phi) is 7.71. The molecule has 0 bridgehead atoms.